The third kappa shape index (κ3) is 3.12. The maximum absolute atomic E-state index is 8.88. The zero-order chi connectivity index (χ0) is 14.0. The van der Waals surface area contributed by atoms with Crippen molar-refractivity contribution >= 4 is 21.6 Å². The Morgan fingerprint density at radius 1 is 1.47 bits per heavy atom. The van der Waals surface area contributed by atoms with Crippen LogP contribution in [0.15, 0.2) is 22.7 Å². The maximum Gasteiger partial charge on any atom is 0.0624 e. The molecule has 2 nitrogen and oxygen atoms in total. The Kier molecular flexibility index (Phi) is 4.20. The molecule has 1 saturated heterocycles. The number of benzene rings is 1. The number of hydrogen-bond donors (Lipinski definition) is 0. The van der Waals surface area contributed by atoms with Gasteiger partial charge in [0, 0.05) is 23.0 Å². The van der Waals surface area contributed by atoms with Gasteiger partial charge in [0.1, 0.15) is 0 Å². The summed E-state index contributed by atoms with van der Waals surface area (Å²) < 4.78 is 1.17. The van der Waals surface area contributed by atoms with Crippen LogP contribution in [-0.2, 0) is 0 Å². The topological polar surface area (TPSA) is 27.0 Å². The van der Waals surface area contributed by atoms with Gasteiger partial charge in [-0.25, -0.2) is 0 Å². The van der Waals surface area contributed by atoms with E-state index in [2.05, 4.69) is 65.9 Å². The van der Waals surface area contributed by atoms with E-state index in [-0.39, 0.29) is 5.54 Å². The Morgan fingerprint density at radius 3 is 2.79 bits per heavy atom. The Morgan fingerprint density at radius 2 is 2.21 bits per heavy atom. The summed E-state index contributed by atoms with van der Waals surface area (Å²) in [5.41, 5.74) is 2.65. The molecule has 2 rings (SSSR count). The largest absolute Gasteiger partial charge is 0.365 e. The lowest BCUT2D eigenvalue weighted by molar-refractivity contribution is 0.276. The van der Waals surface area contributed by atoms with E-state index in [9.17, 15) is 0 Å². The predicted octanol–water partition coefficient (Wildman–Crippen LogP) is 4.67. The molecule has 102 valence electrons. The second-order valence-corrected chi connectivity index (χ2v) is 6.99. The second kappa shape index (κ2) is 5.54. The van der Waals surface area contributed by atoms with Crippen molar-refractivity contribution in [3.63, 3.8) is 0 Å². The quantitative estimate of drug-likeness (QED) is 0.792. The molecule has 1 atom stereocenters. The highest BCUT2D eigenvalue weighted by molar-refractivity contribution is 9.10. The van der Waals surface area contributed by atoms with Gasteiger partial charge in [0.2, 0.25) is 0 Å². The van der Waals surface area contributed by atoms with Gasteiger partial charge < -0.3 is 4.90 Å². The molecule has 0 aromatic heterocycles. The van der Waals surface area contributed by atoms with E-state index in [0.29, 0.717) is 12.3 Å². The first-order valence-corrected chi connectivity index (χ1v) is 7.64. The van der Waals surface area contributed by atoms with Crippen LogP contribution in [-0.4, -0.2) is 12.1 Å². The van der Waals surface area contributed by atoms with Gasteiger partial charge >= 0.3 is 0 Å². The van der Waals surface area contributed by atoms with Crippen molar-refractivity contribution in [2.75, 3.05) is 11.4 Å². The molecule has 1 fully saturated rings. The summed E-state index contributed by atoms with van der Waals surface area (Å²) in [5, 5.41) is 8.88. The summed E-state index contributed by atoms with van der Waals surface area (Å²) in [5.74, 6) is 0.542. The van der Waals surface area contributed by atoms with Crippen LogP contribution in [0, 0.1) is 24.2 Å². The average molecular weight is 321 g/mol. The lowest BCUT2D eigenvalue weighted by Gasteiger charge is -2.47. The van der Waals surface area contributed by atoms with Crippen LogP contribution in [0.3, 0.4) is 0 Å². The van der Waals surface area contributed by atoms with Crippen LogP contribution in [0.4, 0.5) is 5.69 Å². The SMILES string of the molecule is Cc1ccc(N2CCC(CC#N)CC2(C)C)c(Br)c1. The molecular weight excluding hydrogens is 300 g/mol. The van der Waals surface area contributed by atoms with E-state index in [1.807, 2.05) is 0 Å². The number of nitrogens with zero attached hydrogens (tertiary/aromatic N) is 2. The molecule has 1 heterocycles. The molecule has 1 aromatic rings. The van der Waals surface area contributed by atoms with Crippen molar-refractivity contribution in [3.8, 4) is 6.07 Å². The maximum atomic E-state index is 8.88. The van der Waals surface area contributed by atoms with Crippen LogP contribution in [0.2, 0.25) is 0 Å². The Balaban J connectivity index is 2.24. The molecule has 1 aromatic carbocycles. The highest BCUT2D eigenvalue weighted by atomic mass is 79.9. The number of rotatable bonds is 2. The monoisotopic (exact) mass is 320 g/mol. The molecule has 0 N–H and O–H groups in total. The first-order valence-electron chi connectivity index (χ1n) is 6.85. The predicted molar refractivity (Wildman–Crippen MR) is 83.3 cm³/mol. The molecule has 0 saturated carbocycles. The van der Waals surface area contributed by atoms with Crippen molar-refractivity contribution < 1.29 is 0 Å². The van der Waals surface area contributed by atoms with Gasteiger partial charge in [0.15, 0.2) is 0 Å². The van der Waals surface area contributed by atoms with E-state index >= 15 is 0 Å². The van der Waals surface area contributed by atoms with Gasteiger partial charge in [0.05, 0.1) is 11.8 Å². The van der Waals surface area contributed by atoms with Gasteiger partial charge in [0.25, 0.3) is 0 Å². The van der Waals surface area contributed by atoms with Gasteiger partial charge in [-0.1, -0.05) is 6.07 Å². The summed E-state index contributed by atoms with van der Waals surface area (Å²) in [6.45, 7) is 7.70. The van der Waals surface area contributed by atoms with E-state index in [0.717, 1.165) is 19.4 Å². The number of aryl methyl sites for hydroxylation is 1. The summed E-state index contributed by atoms with van der Waals surface area (Å²) in [6, 6.07) is 8.86. The smallest absolute Gasteiger partial charge is 0.0624 e. The first kappa shape index (κ1) is 14.4. The molecule has 19 heavy (non-hydrogen) atoms. The summed E-state index contributed by atoms with van der Waals surface area (Å²) in [6.07, 6.45) is 2.88. The fourth-order valence-electron chi connectivity index (χ4n) is 3.11. The van der Waals surface area contributed by atoms with E-state index in [1.165, 1.54) is 15.7 Å². The van der Waals surface area contributed by atoms with Crippen molar-refractivity contribution in [2.24, 2.45) is 5.92 Å². The second-order valence-electron chi connectivity index (χ2n) is 6.14. The number of hydrogen-bond acceptors (Lipinski definition) is 2. The first-order chi connectivity index (χ1) is 8.94. The minimum atomic E-state index is 0.109. The minimum Gasteiger partial charge on any atom is -0.365 e. The van der Waals surface area contributed by atoms with Crippen LogP contribution in [0.5, 0.6) is 0 Å². The van der Waals surface area contributed by atoms with Gasteiger partial charge in [-0.05, 0) is 73.2 Å². The Labute approximate surface area is 124 Å². The highest BCUT2D eigenvalue weighted by Gasteiger charge is 2.35. The highest BCUT2D eigenvalue weighted by Crippen LogP contribution is 2.39. The summed E-state index contributed by atoms with van der Waals surface area (Å²) in [7, 11) is 0. The van der Waals surface area contributed by atoms with Crippen LogP contribution in [0.25, 0.3) is 0 Å². The Hall–Kier alpha value is -1.01. The third-order valence-corrected chi connectivity index (χ3v) is 4.69. The van der Waals surface area contributed by atoms with Crippen molar-refractivity contribution in [1.29, 1.82) is 5.26 Å². The lowest BCUT2D eigenvalue weighted by atomic mass is 9.81. The average Bonchev–Trinajstić information content (AvgIpc) is 2.30. The normalized spacial score (nSPS) is 22.1. The van der Waals surface area contributed by atoms with Crippen LogP contribution >= 0.6 is 15.9 Å². The van der Waals surface area contributed by atoms with Gasteiger partial charge in [-0.15, -0.1) is 0 Å². The Bertz CT molecular complexity index is 502. The van der Waals surface area contributed by atoms with E-state index < -0.39 is 0 Å². The fraction of sp³-hybridized carbons (Fsp3) is 0.562. The zero-order valence-electron chi connectivity index (χ0n) is 11.9. The number of halogens is 1. The van der Waals surface area contributed by atoms with Gasteiger partial charge in [-0.2, -0.15) is 5.26 Å². The van der Waals surface area contributed by atoms with E-state index in [4.69, 9.17) is 5.26 Å². The molecule has 0 bridgehead atoms. The van der Waals surface area contributed by atoms with Crippen LogP contribution in [0.1, 0.15) is 38.7 Å². The summed E-state index contributed by atoms with van der Waals surface area (Å²) >= 11 is 3.69. The molecule has 0 spiro atoms. The number of anilines is 1. The minimum absolute atomic E-state index is 0.109. The van der Waals surface area contributed by atoms with Gasteiger partial charge in [-0.3, -0.25) is 0 Å². The van der Waals surface area contributed by atoms with Crippen molar-refractivity contribution in [3.05, 3.63) is 28.2 Å². The molecule has 3 heteroatoms. The molecular formula is C16H21BrN2. The summed E-state index contributed by atoms with van der Waals surface area (Å²) in [4.78, 5) is 2.48. The molecule has 1 unspecified atom stereocenters. The third-order valence-electron chi connectivity index (χ3n) is 4.05. The lowest BCUT2D eigenvalue weighted by Crippen LogP contribution is -2.50. The molecule has 1 aliphatic rings. The molecule has 0 radical (unpaired) electrons. The number of piperidine rings is 1. The molecule has 0 amide bonds. The van der Waals surface area contributed by atoms with Crippen molar-refractivity contribution in [2.45, 2.75) is 45.6 Å². The molecule has 0 aliphatic carbocycles. The van der Waals surface area contributed by atoms with Crippen molar-refractivity contribution in [1.82, 2.24) is 0 Å². The van der Waals surface area contributed by atoms with Crippen LogP contribution < -0.4 is 4.90 Å². The number of nitriles is 1. The fourth-order valence-corrected chi connectivity index (χ4v) is 3.82. The van der Waals surface area contributed by atoms with E-state index in [1.54, 1.807) is 0 Å². The molecule has 1 aliphatic heterocycles. The zero-order valence-corrected chi connectivity index (χ0v) is 13.5. The standard InChI is InChI=1S/C16H21BrN2/c1-12-4-5-15(14(17)10-12)19-9-7-13(6-8-18)11-16(19,2)3/h4-5,10,13H,6-7,9,11H2,1-3H3.